The second kappa shape index (κ2) is 7.85. The maximum Gasteiger partial charge on any atom is 0.307 e. The van der Waals surface area contributed by atoms with Crippen molar-refractivity contribution >= 4 is 14.3 Å². The van der Waals surface area contributed by atoms with Crippen LogP contribution in [0.1, 0.15) is 45.4 Å². The Morgan fingerprint density at radius 3 is 2.42 bits per heavy atom. The number of rotatable bonds is 6. The summed E-state index contributed by atoms with van der Waals surface area (Å²) in [6.07, 6.45) is 11.1. The van der Waals surface area contributed by atoms with Gasteiger partial charge in [0.15, 0.2) is 8.32 Å². The lowest BCUT2D eigenvalue weighted by Crippen LogP contribution is -2.36. The van der Waals surface area contributed by atoms with Gasteiger partial charge in [-0.15, -0.1) is 0 Å². The van der Waals surface area contributed by atoms with Crippen LogP contribution in [0.2, 0.25) is 19.6 Å². The predicted molar refractivity (Wildman–Crippen MR) is 80.3 cm³/mol. The molecule has 3 nitrogen and oxygen atoms in total. The lowest BCUT2D eigenvalue weighted by atomic mass is 9.84. The maximum atomic E-state index is 10.7. The van der Waals surface area contributed by atoms with E-state index in [0.29, 0.717) is 12.0 Å². The van der Waals surface area contributed by atoms with E-state index >= 15 is 0 Å². The van der Waals surface area contributed by atoms with Crippen LogP contribution in [0.3, 0.4) is 0 Å². The highest BCUT2D eigenvalue weighted by Gasteiger charge is 2.28. The quantitative estimate of drug-likeness (QED) is 0.415. The summed E-state index contributed by atoms with van der Waals surface area (Å²) in [4.78, 5) is 10.7. The van der Waals surface area contributed by atoms with E-state index in [1.165, 1.54) is 45.3 Å². The molecule has 1 unspecified atom stereocenters. The van der Waals surface area contributed by atoms with Gasteiger partial charge in [0, 0.05) is 6.92 Å². The number of carbonyl (C=O) groups is 1. The third-order valence-corrected chi connectivity index (χ3v) is 4.39. The fourth-order valence-corrected chi connectivity index (χ4v) is 3.83. The summed E-state index contributed by atoms with van der Waals surface area (Å²) >= 11 is 0. The molecule has 0 radical (unpaired) electrons. The first-order valence-electron chi connectivity index (χ1n) is 7.38. The molecule has 0 amide bonds. The van der Waals surface area contributed by atoms with E-state index in [1.54, 1.807) is 0 Å². The van der Waals surface area contributed by atoms with Gasteiger partial charge in [0.1, 0.15) is 0 Å². The summed E-state index contributed by atoms with van der Waals surface area (Å²) in [5.74, 6) is 0.402. The first-order chi connectivity index (χ1) is 8.88. The van der Waals surface area contributed by atoms with Gasteiger partial charge in [-0.1, -0.05) is 19.3 Å². The van der Waals surface area contributed by atoms with Gasteiger partial charge in [0.05, 0.1) is 12.4 Å². The summed E-state index contributed by atoms with van der Waals surface area (Å²) in [5.41, 5.74) is 0. The molecule has 0 saturated heterocycles. The largest absolute Gasteiger partial charge is 0.435 e. The molecule has 0 aliphatic heterocycles. The zero-order valence-electron chi connectivity index (χ0n) is 12.8. The molecule has 1 rings (SSSR count). The molecule has 0 aromatic carbocycles. The van der Waals surface area contributed by atoms with Gasteiger partial charge in [-0.3, -0.25) is 4.79 Å². The summed E-state index contributed by atoms with van der Waals surface area (Å²) in [6, 6.07) is 0. The van der Waals surface area contributed by atoms with Crippen molar-refractivity contribution < 1.29 is 14.0 Å². The molecule has 0 bridgehead atoms. The van der Waals surface area contributed by atoms with Gasteiger partial charge in [-0.25, -0.2) is 0 Å². The maximum absolute atomic E-state index is 10.7. The smallest absolute Gasteiger partial charge is 0.307 e. The van der Waals surface area contributed by atoms with E-state index in [0.717, 1.165) is 6.42 Å². The zero-order valence-corrected chi connectivity index (χ0v) is 13.8. The normalized spacial score (nSPS) is 19.6. The van der Waals surface area contributed by atoms with Crippen LogP contribution in [-0.4, -0.2) is 20.4 Å². The van der Waals surface area contributed by atoms with Crippen LogP contribution in [-0.2, 0) is 14.0 Å². The Hall–Kier alpha value is -0.613. The van der Waals surface area contributed by atoms with Gasteiger partial charge in [0.25, 0.3) is 0 Å². The van der Waals surface area contributed by atoms with E-state index in [9.17, 15) is 4.79 Å². The van der Waals surface area contributed by atoms with Gasteiger partial charge in [-0.2, -0.15) is 0 Å². The summed E-state index contributed by atoms with van der Waals surface area (Å²) in [5, 5.41) is 0. The SMILES string of the molecule is CC(=O)O/C=C\CC(O[Si](C)(C)C)C1CCCCC1. The van der Waals surface area contributed by atoms with E-state index in [1.807, 2.05) is 6.08 Å². The molecule has 0 N–H and O–H groups in total. The average molecular weight is 284 g/mol. The average Bonchev–Trinajstić information content (AvgIpc) is 2.32. The van der Waals surface area contributed by atoms with Crippen molar-refractivity contribution in [2.45, 2.75) is 71.2 Å². The summed E-state index contributed by atoms with van der Waals surface area (Å²) in [7, 11) is -1.53. The monoisotopic (exact) mass is 284 g/mol. The molecular weight excluding hydrogens is 256 g/mol. The molecule has 19 heavy (non-hydrogen) atoms. The lowest BCUT2D eigenvalue weighted by Gasteiger charge is -2.34. The van der Waals surface area contributed by atoms with Crippen LogP contribution in [0, 0.1) is 5.92 Å². The number of ether oxygens (including phenoxy) is 1. The van der Waals surface area contributed by atoms with Crippen LogP contribution < -0.4 is 0 Å². The van der Waals surface area contributed by atoms with Crippen LogP contribution in [0.25, 0.3) is 0 Å². The number of hydrogen-bond donors (Lipinski definition) is 0. The first-order valence-corrected chi connectivity index (χ1v) is 10.8. The predicted octanol–water partition coefficient (Wildman–Crippen LogP) is 4.25. The molecule has 0 aromatic heterocycles. The fraction of sp³-hybridized carbons (Fsp3) is 0.800. The molecular formula is C15H28O3Si. The molecule has 1 aliphatic rings. The third kappa shape index (κ3) is 7.53. The second-order valence-electron chi connectivity index (χ2n) is 6.38. The van der Waals surface area contributed by atoms with Crippen molar-refractivity contribution in [3.8, 4) is 0 Å². The van der Waals surface area contributed by atoms with Crippen molar-refractivity contribution in [2.75, 3.05) is 0 Å². The van der Waals surface area contributed by atoms with Crippen molar-refractivity contribution in [3.05, 3.63) is 12.3 Å². The van der Waals surface area contributed by atoms with E-state index in [-0.39, 0.29) is 5.97 Å². The number of hydrogen-bond acceptors (Lipinski definition) is 3. The summed E-state index contributed by atoms with van der Waals surface area (Å²) < 4.78 is 11.2. The first kappa shape index (κ1) is 16.4. The van der Waals surface area contributed by atoms with Crippen LogP contribution in [0.4, 0.5) is 0 Å². The van der Waals surface area contributed by atoms with Gasteiger partial charge < -0.3 is 9.16 Å². The Bertz CT molecular complexity index is 301. The highest BCUT2D eigenvalue weighted by molar-refractivity contribution is 6.69. The molecule has 0 aromatic rings. The van der Waals surface area contributed by atoms with E-state index in [4.69, 9.17) is 9.16 Å². The molecule has 1 atom stereocenters. The van der Waals surface area contributed by atoms with E-state index < -0.39 is 8.32 Å². The summed E-state index contributed by atoms with van der Waals surface area (Å²) in [6.45, 7) is 8.12. The lowest BCUT2D eigenvalue weighted by molar-refractivity contribution is -0.135. The highest BCUT2D eigenvalue weighted by atomic mass is 28.4. The molecule has 110 valence electrons. The van der Waals surface area contributed by atoms with Crippen molar-refractivity contribution in [3.63, 3.8) is 0 Å². The highest BCUT2D eigenvalue weighted by Crippen LogP contribution is 2.31. The van der Waals surface area contributed by atoms with Gasteiger partial charge in [0.2, 0.25) is 0 Å². The Kier molecular flexibility index (Phi) is 6.79. The van der Waals surface area contributed by atoms with Crippen LogP contribution >= 0.6 is 0 Å². The molecule has 0 spiro atoms. The van der Waals surface area contributed by atoms with Gasteiger partial charge in [-0.05, 0) is 50.9 Å². The Labute approximate surface area is 118 Å². The van der Waals surface area contributed by atoms with Crippen molar-refractivity contribution in [2.24, 2.45) is 5.92 Å². The molecule has 1 fully saturated rings. The zero-order chi connectivity index (χ0) is 14.3. The minimum atomic E-state index is -1.53. The number of carbonyl (C=O) groups excluding carboxylic acids is 1. The number of esters is 1. The molecule has 0 heterocycles. The Morgan fingerprint density at radius 1 is 1.26 bits per heavy atom. The molecule has 4 heteroatoms. The van der Waals surface area contributed by atoms with Crippen molar-refractivity contribution in [1.82, 2.24) is 0 Å². The fourth-order valence-electron chi connectivity index (χ4n) is 2.63. The van der Waals surface area contributed by atoms with Gasteiger partial charge >= 0.3 is 5.97 Å². The van der Waals surface area contributed by atoms with Crippen LogP contribution in [0.5, 0.6) is 0 Å². The minimum absolute atomic E-state index is 0.267. The Morgan fingerprint density at radius 2 is 1.89 bits per heavy atom. The topological polar surface area (TPSA) is 35.5 Å². The molecule has 1 saturated carbocycles. The second-order valence-corrected chi connectivity index (χ2v) is 10.8. The minimum Gasteiger partial charge on any atom is -0.435 e. The van der Waals surface area contributed by atoms with E-state index in [2.05, 4.69) is 19.6 Å². The standard InChI is InChI=1S/C15H28O3Si/c1-13(16)17-12-8-11-15(18-19(2,3)4)14-9-6-5-7-10-14/h8,12,14-15H,5-7,9-11H2,1-4H3/b12-8-. The van der Waals surface area contributed by atoms with Crippen molar-refractivity contribution in [1.29, 1.82) is 0 Å². The van der Waals surface area contributed by atoms with Crippen LogP contribution in [0.15, 0.2) is 12.3 Å². The molecule has 1 aliphatic carbocycles. The Balaban J connectivity index is 2.53. The third-order valence-electron chi connectivity index (χ3n) is 3.38.